The van der Waals surface area contributed by atoms with Crippen molar-refractivity contribution in [3.63, 3.8) is 0 Å². The molecule has 2 amide bonds. The van der Waals surface area contributed by atoms with Gasteiger partial charge in [-0.05, 0) is 59.7 Å². The lowest BCUT2D eigenvalue weighted by molar-refractivity contribution is -0.137. The minimum atomic E-state index is -0.464. The standard InChI is InChI=1S/C34H30N2O4/c1-2-30(37)40-21-10-4-3-9-20-35-29-19-18-28-31-26(29)16-11-17-27(31)33(38)36(34(28)39)32-24-14-7-5-12-22(24)23-13-6-8-15-25(23)32/h2,5-8,11-19,32,35H,1,3-4,9-10,20-21H2. The van der Waals surface area contributed by atoms with Crippen molar-refractivity contribution in [2.45, 2.75) is 31.7 Å². The number of hydrogen-bond acceptors (Lipinski definition) is 5. The van der Waals surface area contributed by atoms with Gasteiger partial charge in [-0.1, -0.05) is 73.7 Å². The van der Waals surface area contributed by atoms with Crippen LogP contribution in [-0.2, 0) is 9.53 Å². The van der Waals surface area contributed by atoms with Gasteiger partial charge in [0.15, 0.2) is 0 Å². The average Bonchev–Trinajstić information content (AvgIpc) is 3.31. The van der Waals surface area contributed by atoms with E-state index in [4.69, 9.17) is 4.74 Å². The number of unbranched alkanes of at least 4 members (excludes halogenated alkanes) is 3. The van der Waals surface area contributed by atoms with Crippen molar-refractivity contribution < 1.29 is 19.1 Å². The Morgan fingerprint density at radius 2 is 1.40 bits per heavy atom. The Bertz CT molecular complexity index is 1590. The van der Waals surface area contributed by atoms with Crippen LogP contribution in [0.25, 0.3) is 21.9 Å². The Morgan fingerprint density at radius 3 is 2.10 bits per heavy atom. The summed E-state index contributed by atoms with van der Waals surface area (Å²) in [5.41, 5.74) is 6.07. The molecular formula is C34H30N2O4. The number of nitrogens with one attached hydrogen (secondary N) is 1. The van der Waals surface area contributed by atoms with Crippen molar-refractivity contribution in [3.8, 4) is 11.1 Å². The molecule has 0 saturated heterocycles. The number of benzene rings is 4. The predicted octanol–water partition coefficient (Wildman–Crippen LogP) is 6.91. The number of hydrogen-bond donors (Lipinski definition) is 1. The van der Waals surface area contributed by atoms with Gasteiger partial charge >= 0.3 is 5.97 Å². The van der Waals surface area contributed by atoms with Crippen LogP contribution in [0.3, 0.4) is 0 Å². The first-order chi connectivity index (χ1) is 19.6. The molecule has 1 aliphatic carbocycles. The first-order valence-electron chi connectivity index (χ1n) is 13.7. The molecule has 0 radical (unpaired) electrons. The highest BCUT2D eigenvalue weighted by Gasteiger charge is 2.42. The topological polar surface area (TPSA) is 75.7 Å². The number of amides is 2. The molecule has 200 valence electrons. The van der Waals surface area contributed by atoms with Gasteiger partial charge in [0.2, 0.25) is 0 Å². The second-order valence-corrected chi connectivity index (χ2v) is 10.2. The van der Waals surface area contributed by atoms with E-state index in [9.17, 15) is 14.4 Å². The smallest absolute Gasteiger partial charge is 0.330 e. The van der Waals surface area contributed by atoms with Crippen molar-refractivity contribution in [1.29, 1.82) is 0 Å². The van der Waals surface area contributed by atoms with Gasteiger partial charge in [0.25, 0.3) is 11.8 Å². The molecule has 6 nitrogen and oxygen atoms in total. The number of fused-ring (bicyclic) bond motifs is 3. The van der Waals surface area contributed by atoms with Crippen LogP contribution < -0.4 is 5.32 Å². The van der Waals surface area contributed by atoms with Crippen molar-refractivity contribution in [3.05, 3.63) is 114 Å². The van der Waals surface area contributed by atoms with E-state index in [1.807, 2.05) is 66.7 Å². The zero-order valence-corrected chi connectivity index (χ0v) is 22.2. The fourth-order valence-electron chi connectivity index (χ4n) is 5.95. The van der Waals surface area contributed by atoms with Crippen LogP contribution in [-0.4, -0.2) is 35.8 Å². The van der Waals surface area contributed by atoms with Gasteiger partial charge < -0.3 is 10.1 Å². The number of nitrogens with zero attached hydrogens (tertiary/aromatic N) is 1. The van der Waals surface area contributed by atoms with Gasteiger partial charge in [-0.25, -0.2) is 4.79 Å². The Morgan fingerprint density at radius 1 is 0.775 bits per heavy atom. The molecule has 0 fully saturated rings. The van der Waals surface area contributed by atoms with E-state index in [0.29, 0.717) is 23.1 Å². The summed E-state index contributed by atoms with van der Waals surface area (Å²) in [4.78, 5) is 40.6. The maximum absolute atomic E-state index is 14.0. The second-order valence-electron chi connectivity index (χ2n) is 10.2. The molecule has 0 atom stereocenters. The van der Waals surface area contributed by atoms with E-state index in [-0.39, 0.29) is 17.8 Å². The zero-order chi connectivity index (χ0) is 27.6. The number of ether oxygens (including phenoxy) is 1. The third-order valence-electron chi connectivity index (χ3n) is 7.80. The van der Waals surface area contributed by atoms with Crippen LogP contribution >= 0.6 is 0 Å². The van der Waals surface area contributed by atoms with Crippen LogP contribution in [0.5, 0.6) is 0 Å². The van der Waals surface area contributed by atoms with Gasteiger partial charge in [-0.3, -0.25) is 14.5 Å². The Balaban J connectivity index is 1.23. The van der Waals surface area contributed by atoms with Crippen molar-refractivity contribution in [2.24, 2.45) is 0 Å². The number of esters is 1. The van der Waals surface area contributed by atoms with Crippen LogP contribution in [0.1, 0.15) is 63.6 Å². The molecule has 0 saturated carbocycles. The quantitative estimate of drug-likeness (QED) is 0.104. The Kier molecular flexibility index (Phi) is 6.91. The highest BCUT2D eigenvalue weighted by molar-refractivity contribution is 6.27. The number of anilines is 1. The van der Waals surface area contributed by atoms with Crippen LogP contribution in [0, 0.1) is 0 Å². The Hall–Kier alpha value is -4.71. The van der Waals surface area contributed by atoms with Crippen LogP contribution in [0.15, 0.2) is 91.5 Å². The molecule has 1 heterocycles. The maximum Gasteiger partial charge on any atom is 0.330 e. The molecule has 0 aromatic heterocycles. The summed E-state index contributed by atoms with van der Waals surface area (Å²) in [6, 6.07) is 25.0. The molecule has 1 aliphatic heterocycles. The van der Waals surface area contributed by atoms with Gasteiger partial charge in [0.05, 0.1) is 12.6 Å². The molecule has 1 N–H and O–H groups in total. The monoisotopic (exact) mass is 530 g/mol. The van der Waals surface area contributed by atoms with Crippen molar-refractivity contribution >= 4 is 34.2 Å². The van der Waals surface area contributed by atoms with Crippen molar-refractivity contribution in [2.75, 3.05) is 18.5 Å². The minimum Gasteiger partial charge on any atom is -0.463 e. The number of imide groups is 1. The predicted molar refractivity (Wildman–Crippen MR) is 156 cm³/mol. The first kappa shape index (κ1) is 25.6. The minimum absolute atomic E-state index is 0.270. The van der Waals surface area contributed by atoms with Gasteiger partial charge in [-0.15, -0.1) is 0 Å². The molecule has 0 bridgehead atoms. The number of carbonyl (C=O) groups excluding carboxylic acids is 3. The third-order valence-corrected chi connectivity index (χ3v) is 7.80. The molecule has 2 aliphatic rings. The fourth-order valence-corrected chi connectivity index (χ4v) is 5.95. The summed E-state index contributed by atoms with van der Waals surface area (Å²) >= 11 is 0. The summed E-state index contributed by atoms with van der Waals surface area (Å²) in [5, 5.41) is 5.08. The number of carbonyl (C=O) groups is 3. The van der Waals surface area contributed by atoms with Gasteiger partial charge in [-0.2, -0.15) is 0 Å². The molecule has 0 spiro atoms. The molecule has 40 heavy (non-hydrogen) atoms. The molecular weight excluding hydrogens is 500 g/mol. The highest BCUT2D eigenvalue weighted by Crippen LogP contribution is 2.48. The molecule has 4 aromatic rings. The lowest BCUT2D eigenvalue weighted by Crippen LogP contribution is -2.42. The molecule has 0 unspecified atom stereocenters. The van der Waals surface area contributed by atoms with E-state index in [1.54, 1.807) is 0 Å². The summed E-state index contributed by atoms with van der Waals surface area (Å²) in [6.07, 6.45) is 4.90. The summed E-state index contributed by atoms with van der Waals surface area (Å²) in [7, 11) is 0. The van der Waals surface area contributed by atoms with Crippen LogP contribution in [0.2, 0.25) is 0 Å². The van der Waals surface area contributed by atoms with E-state index < -0.39 is 6.04 Å². The molecule has 6 heteroatoms. The van der Waals surface area contributed by atoms with E-state index in [1.165, 1.54) is 11.0 Å². The largest absolute Gasteiger partial charge is 0.463 e. The second kappa shape index (κ2) is 10.8. The number of rotatable bonds is 10. The summed E-state index contributed by atoms with van der Waals surface area (Å²) in [6.45, 7) is 4.56. The maximum atomic E-state index is 14.0. The Labute approximate surface area is 233 Å². The summed E-state index contributed by atoms with van der Waals surface area (Å²) < 4.78 is 5.01. The van der Waals surface area contributed by atoms with E-state index >= 15 is 0 Å². The lowest BCUT2D eigenvalue weighted by Gasteiger charge is -2.33. The van der Waals surface area contributed by atoms with E-state index in [2.05, 4.69) is 24.0 Å². The average molecular weight is 531 g/mol. The SMILES string of the molecule is C=CC(=O)OCCCCCCNc1ccc2c3c(cccc13)C(=O)N(C1c3ccccc3-c3ccccc31)C2=O. The molecule has 4 aromatic carbocycles. The zero-order valence-electron chi connectivity index (χ0n) is 22.2. The fraction of sp³-hybridized carbons (Fsp3) is 0.206. The van der Waals surface area contributed by atoms with Gasteiger partial charge in [0, 0.05) is 40.2 Å². The summed E-state index contributed by atoms with van der Waals surface area (Å²) in [5.74, 6) is -0.926. The normalized spacial score (nSPS) is 13.8. The molecule has 6 rings (SSSR count). The van der Waals surface area contributed by atoms with Crippen molar-refractivity contribution in [1.82, 2.24) is 4.90 Å². The lowest BCUT2D eigenvalue weighted by atomic mass is 9.90. The van der Waals surface area contributed by atoms with Gasteiger partial charge in [0.1, 0.15) is 0 Å². The third kappa shape index (κ3) is 4.35. The highest BCUT2D eigenvalue weighted by atomic mass is 16.5. The first-order valence-corrected chi connectivity index (χ1v) is 13.7. The van der Waals surface area contributed by atoms with E-state index in [0.717, 1.165) is 65.6 Å². The van der Waals surface area contributed by atoms with Crippen LogP contribution in [0.4, 0.5) is 5.69 Å².